The lowest BCUT2D eigenvalue weighted by Crippen LogP contribution is -2.22. The summed E-state index contributed by atoms with van der Waals surface area (Å²) in [6, 6.07) is 0. The molecule has 1 aliphatic rings. The normalized spacial score (nSPS) is 26.4. The molecule has 90 valence electrons. The third-order valence-electron chi connectivity index (χ3n) is 2.82. The van der Waals surface area contributed by atoms with Crippen molar-refractivity contribution in [2.75, 3.05) is 25.4 Å². The lowest BCUT2D eigenvalue weighted by molar-refractivity contribution is 0.127. The molecule has 2 atom stereocenters. The first-order chi connectivity index (χ1) is 7.20. The maximum Gasteiger partial charge on any atom is 0.0666 e. The Morgan fingerprint density at radius 3 is 2.80 bits per heavy atom. The number of thioether (sulfide) groups is 1. The predicted octanol–water partition coefficient (Wildman–Crippen LogP) is 2.53. The maximum atomic E-state index is 5.53. The van der Waals surface area contributed by atoms with E-state index in [1.54, 1.807) is 0 Å². The second kappa shape index (κ2) is 7.53. The third-order valence-corrected chi connectivity index (χ3v) is 4.30. The first kappa shape index (κ1) is 13.3. The van der Waals surface area contributed by atoms with Crippen LogP contribution in [0.1, 0.15) is 33.6 Å². The van der Waals surface area contributed by atoms with Crippen LogP contribution in [0.3, 0.4) is 0 Å². The topological polar surface area (TPSA) is 21.3 Å². The van der Waals surface area contributed by atoms with E-state index in [1.165, 1.54) is 18.6 Å². The highest BCUT2D eigenvalue weighted by Crippen LogP contribution is 2.25. The van der Waals surface area contributed by atoms with Gasteiger partial charge in [-0.15, -0.1) is 0 Å². The second-order valence-corrected chi connectivity index (χ2v) is 6.05. The van der Waals surface area contributed by atoms with Crippen LogP contribution >= 0.6 is 11.8 Å². The highest BCUT2D eigenvalue weighted by atomic mass is 32.2. The SMILES string of the molecule is CC(C)CCNCCSC1CCOC1C. The van der Waals surface area contributed by atoms with E-state index in [2.05, 4.69) is 37.8 Å². The van der Waals surface area contributed by atoms with Gasteiger partial charge in [-0.1, -0.05) is 13.8 Å². The standard InChI is InChI=1S/C12H25NOS/c1-10(2)4-6-13-7-9-15-12-5-8-14-11(12)3/h10-13H,4-9H2,1-3H3. The van der Waals surface area contributed by atoms with Gasteiger partial charge < -0.3 is 10.1 Å². The minimum Gasteiger partial charge on any atom is -0.377 e. The summed E-state index contributed by atoms with van der Waals surface area (Å²) in [5, 5.41) is 4.23. The highest BCUT2D eigenvalue weighted by Gasteiger charge is 2.23. The van der Waals surface area contributed by atoms with Crippen molar-refractivity contribution >= 4 is 11.8 Å². The van der Waals surface area contributed by atoms with Gasteiger partial charge >= 0.3 is 0 Å². The smallest absolute Gasteiger partial charge is 0.0666 e. The predicted molar refractivity (Wildman–Crippen MR) is 68.6 cm³/mol. The quantitative estimate of drug-likeness (QED) is 0.680. The molecule has 15 heavy (non-hydrogen) atoms. The number of rotatable bonds is 7. The van der Waals surface area contributed by atoms with Gasteiger partial charge in [-0.3, -0.25) is 0 Å². The molecule has 0 aromatic rings. The van der Waals surface area contributed by atoms with E-state index in [-0.39, 0.29) is 0 Å². The summed E-state index contributed by atoms with van der Waals surface area (Å²) in [4.78, 5) is 0. The van der Waals surface area contributed by atoms with Crippen molar-refractivity contribution in [3.05, 3.63) is 0 Å². The zero-order valence-corrected chi connectivity index (χ0v) is 11.1. The third kappa shape index (κ3) is 5.79. The minimum atomic E-state index is 0.464. The fourth-order valence-corrected chi connectivity index (χ4v) is 2.91. The Labute approximate surface area is 98.5 Å². The van der Waals surface area contributed by atoms with Crippen LogP contribution in [-0.4, -0.2) is 36.8 Å². The van der Waals surface area contributed by atoms with Crippen LogP contribution in [0.15, 0.2) is 0 Å². The lowest BCUT2D eigenvalue weighted by atomic mass is 10.1. The molecular weight excluding hydrogens is 206 g/mol. The molecule has 2 nitrogen and oxygen atoms in total. The first-order valence-electron chi connectivity index (χ1n) is 6.14. The molecule has 2 unspecified atom stereocenters. The molecule has 0 aromatic heterocycles. The van der Waals surface area contributed by atoms with Crippen LogP contribution in [0.4, 0.5) is 0 Å². The minimum absolute atomic E-state index is 0.464. The van der Waals surface area contributed by atoms with E-state index in [1.807, 2.05) is 0 Å². The van der Waals surface area contributed by atoms with E-state index in [0.717, 1.165) is 30.9 Å². The molecule has 1 rings (SSSR count). The lowest BCUT2D eigenvalue weighted by Gasteiger charge is -2.13. The molecule has 1 aliphatic heterocycles. The van der Waals surface area contributed by atoms with Gasteiger partial charge in [0.1, 0.15) is 0 Å². The summed E-state index contributed by atoms with van der Waals surface area (Å²) < 4.78 is 5.53. The van der Waals surface area contributed by atoms with Gasteiger partial charge in [-0.25, -0.2) is 0 Å². The number of hydrogen-bond acceptors (Lipinski definition) is 3. The molecule has 0 bridgehead atoms. The van der Waals surface area contributed by atoms with Crippen molar-refractivity contribution in [1.82, 2.24) is 5.32 Å². The van der Waals surface area contributed by atoms with E-state index < -0.39 is 0 Å². The molecule has 0 saturated carbocycles. The molecular formula is C12H25NOS. The monoisotopic (exact) mass is 231 g/mol. The summed E-state index contributed by atoms with van der Waals surface area (Å²) in [6.45, 7) is 9.99. The molecule has 1 N–H and O–H groups in total. The van der Waals surface area contributed by atoms with E-state index in [4.69, 9.17) is 4.74 Å². The van der Waals surface area contributed by atoms with Gasteiger partial charge in [0, 0.05) is 24.2 Å². The summed E-state index contributed by atoms with van der Waals surface area (Å²) >= 11 is 2.06. The van der Waals surface area contributed by atoms with E-state index >= 15 is 0 Å². The van der Waals surface area contributed by atoms with Crippen LogP contribution in [-0.2, 0) is 4.74 Å². The molecule has 0 aliphatic carbocycles. The zero-order chi connectivity index (χ0) is 11.1. The average Bonchev–Trinajstić information content (AvgIpc) is 2.57. The largest absolute Gasteiger partial charge is 0.377 e. The molecule has 0 amide bonds. The van der Waals surface area contributed by atoms with Crippen LogP contribution in [0.2, 0.25) is 0 Å². The summed E-state index contributed by atoms with van der Waals surface area (Å²) in [5.74, 6) is 2.03. The summed E-state index contributed by atoms with van der Waals surface area (Å²) in [7, 11) is 0. The first-order valence-corrected chi connectivity index (χ1v) is 7.19. The Bertz CT molecular complexity index is 164. The molecule has 1 fully saturated rings. The van der Waals surface area contributed by atoms with Crippen molar-refractivity contribution in [2.24, 2.45) is 5.92 Å². The van der Waals surface area contributed by atoms with Crippen LogP contribution in [0.5, 0.6) is 0 Å². The van der Waals surface area contributed by atoms with Crippen LogP contribution in [0, 0.1) is 5.92 Å². The van der Waals surface area contributed by atoms with Crippen LogP contribution in [0.25, 0.3) is 0 Å². The van der Waals surface area contributed by atoms with Crippen molar-refractivity contribution in [2.45, 2.75) is 45.0 Å². The van der Waals surface area contributed by atoms with Crippen molar-refractivity contribution in [3.63, 3.8) is 0 Å². The molecule has 0 aromatic carbocycles. The molecule has 0 radical (unpaired) electrons. The van der Waals surface area contributed by atoms with Crippen LogP contribution < -0.4 is 5.32 Å². The molecule has 1 heterocycles. The van der Waals surface area contributed by atoms with Crippen molar-refractivity contribution in [1.29, 1.82) is 0 Å². The van der Waals surface area contributed by atoms with Crippen molar-refractivity contribution in [3.8, 4) is 0 Å². The summed E-state index contributed by atoms with van der Waals surface area (Å²) in [6.07, 6.45) is 2.98. The van der Waals surface area contributed by atoms with Gasteiger partial charge in [0.05, 0.1) is 6.10 Å². The Morgan fingerprint density at radius 2 is 2.20 bits per heavy atom. The molecule has 3 heteroatoms. The maximum absolute atomic E-state index is 5.53. The van der Waals surface area contributed by atoms with E-state index in [9.17, 15) is 0 Å². The Kier molecular flexibility index (Phi) is 6.69. The Hall–Kier alpha value is 0.270. The zero-order valence-electron chi connectivity index (χ0n) is 10.3. The van der Waals surface area contributed by atoms with Gasteiger partial charge in [0.25, 0.3) is 0 Å². The average molecular weight is 231 g/mol. The number of ether oxygens (including phenoxy) is 1. The van der Waals surface area contributed by atoms with Gasteiger partial charge in [0.2, 0.25) is 0 Å². The highest BCUT2D eigenvalue weighted by molar-refractivity contribution is 8.00. The Morgan fingerprint density at radius 1 is 1.40 bits per heavy atom. The van der Waals surface area contributed by atoms with E-state index in [0.29, 0.717) is 6.10 Å². The molecule has 1 saturated heterocycles. The number of nitrogens with one attached hydrogen (secondary N) is 1. The molecule has 0 spiro atoms. The summed E-state index contributed by atoms with van der Waals surface area (Å²) in [5.41, 5.74) is 0. The van der Waals surface area contributed by atoms with Gasteiger partial charge in [-0.05, 0) is 32.2 Å². The van der Waals surface area contributed by atoms with Gasteiger partial charge in [-0.2, -0.15) is 11.8 Å². The fraction of sp³-hybridized carbons (Fsp3) is 1.00. The van der Waals surface area contributed by atoms with Gasteiger partial charge in [0.15, 0.2) is 0 Å². The Balaban J connectivity index is 1.88. The fourth-order valence-electron chi connectivity index (χ4n) is 1.73. The number of hydrogen-bond donors (Lipinski definition) is 1. The second-order valence-electron chi connectivity index (χ2n) is 4.71. The van der Waals surface area contributed by atoms with Crippen molar-refractivity contribution < 1.29 is 4.74 Å².